The van der Waals surface area contributed by atoms with Crippen molar-refractivity contribution in [2.24, 2.45) is 11.8 Å². The number of nitrogens with one attached hydrogen (secondary N) is 3. The van der Waals surface area contributed by atoms with Gasteiger partial charge >= 0.3 is 11.0 Å². The molecule has 0 spiro atoms. The Morgan fingerprint density at radius 3 is 2.44 bits per heavy atom. The number of phenols is 1. The largest absolute Gasteiger partial charge is 0.506 e. The Bertz CT molecular complexity index is 2300. The van der Waals surface area contributed by atoms with Crippen LogP contribution in [0.25, 0.3) is 21.3 Å². The summed E-state index contributed by atoms with van der Waals surface area (Å²) in [4.78, 5) is 58.2. The van der Waals surface area contributed by atoms with E-state index in [1.165, 1.54) is 6.07 Å². The van der Waals surface area contributed by atoms with Gasteiger partial charge in [0.15, 0.2) is 0 Å². The van der Waals surface area contributed by atoms with Gasteiger partial charge in [0.05, 0.1) is 16.5 Å². The maximum atomic E-state index is 13.0. The standard InChI is InChI=1S/C45H52N6O7S/c1-49(20-8-7-16-40(54)47-33-13-9-10-29(22-33)25-46-26-39(53)36-17-18-38(52)42-43(36)59-44(56)48-42)41(55)19-21-50-27-31-23-34(24-32(31)28-50)51(45(57)58)37-15-6-5-14-35(37)30-11-3-2-4-12-30/h2-6,9-15,17-18,22,31-32,34,39,46,52-53H,7-8,16,19-21,23-28H2,1H3,(H,47,54)(H,48,56)(H,57,58)/t31-,32+,34?,39-/m0/s1. The first kappa shape index (κ1) is 41.6. The highest BCUT2D eigenvalue weighted by molar-refractivity contribution is 7.16. The van der Waals surface area contributed by atoms with Gasteiger partial charge in [0.2, 0.25) is 11.8 Å². The molecule has 1 aliphatic heterocycles. The summed E-state index contributed by atoms with van der Waals surface area (Å²) in [5.41, 5.74) is 5.10. The maximum absolute atomic E-state index is 13.0. The van der Waals surface area contributed by atoms with Gasteiger partial charge in [-0.2, -0.15) is 0 Å². The number of likely N-dealkylation sites (tertiary alicyclic amines) is 1. The van der Waals surface area contributed by atoms with Crippen LogP contribution in [0.5, 0.6) is 5.75 Å². The van der Waals surface area contributed by atoms with Gasteiger partial charge in [-0.3, -0.25) is 19.3 Å². The van der Waals surface area contributed by atoms with E-state index in [1.807, 2.05) is 85.9 Å². The Labute approximate surface area is 347 Å². The monoisotopic (exact) mass is 820 g/mol. The number of H-pyrrole nitrogens is 1. The number of anilines is 2. The zero-order valence-corrected chi connectivity index (χ0v) is 34.0. The van der Waals surface area contributed by atoms with Crippen LogP contribution in [0.4, 0.5) is 16.2 Å². The number of para-hydroxylation sites is 1. The third-order valence-corrected chi connectivity index (χ3v) is 12.6. The van der Waals surface area contributed by atoms with Crippen molar-refractivity contribution in [2.45, 2.75) is 57.2 Å². The molecule has 7 rings (SSSR count). The summed E-state index contributed by atoms with van der Waals surface area (Å²) in [6, 6.07) is 28.1. The van der Waals surface area contributed by atoms with Gasteiger partial charge in [-0.05, 0) is 72.9 Å². The highest BCUT2D eigenvalue weighted by atomic mass is 32.1. The lowest BCUT2D eigenvalue weighted by Crippen LogP contribution is -2.40. The first-order valence-corrected chi connectivity index (χ1v) is 21.1. The topological polar surface area (TPSA) is 179 Å². The van der Waals surface area contributed by atoms with Crippen LogP contribution in [0.1, 0.15) is 55.8 Å². The van der Waals surface area contributed by atoms with E-state index in [-0.39, 0.29) is 35.0 Å². The van der Waals surface area contributed by atoms with Crippen LogP contribution < -0.4 is 20.4 Å². The second-order valence-electron chi connectivity index (χ2n) is 15.8. The molecule has 5 aromatic rings. The van der Waals surface area contributed by atoms with Crippen molar-refractivity contribution in [2.75, 3.05) is 50.0 Å². The van der Waals surface area contributed by atoms with Crippen molar-refractivity contribution >= 4 is 50.8 Å². The molecular weight excluding hydrogens is 769 g/mol. The van der Waals surface area contributed by atoms with Gasteiger partial charge in [0.25, 0.3) is 0 Å². The molecule has 1 aliphatic carbocycles. The number of nitrogens with zero attached hydrogens (tertiary/aromatic N) is 3. The van der Waals surface area contributed by atoms with Gasteiger partial charge in [-0.25, -0.2) is 4.79 Å². The molecule has 59 heavy (non-hydrogen) atoms. The predicted octanol–water partition coefficient (Wildman–Crippen LogP) is 6.64. The number of fused-ring (bicyclic) bond motifs is 2. The maximum Gasteiger partial charge on any atom is 0.412 e. The van der Waals surface area contributed by atoms with Crippen molar-refractivity contribution in [1.29, 1.82) is 0 Å². The minimum Gasteiger partial charge on any atom is -0.506 e. The molecule has 6 N–H and O–H groups in total. The summed E-state index contributed by atoms with van der Waals surface area (Å²) >= 11 is 0.946. The summed E-state index contributed by atoms with van der Waals surface area (Å²) in [6.45, 7) is 3.65. The number of aromatic nitrogens is 1. The molecule has 0 bridgehead atoms. The van der Waals surface area contributed by atoms with Crippen LogP contribution >= 0.6 is 11.3 Å². The lowest BCUT2D eigenvalue weighted by atomic mass is 10.0. The molecule has 2 aliphatic rings. The van der Waals surface area contributed by atoms with Gasteiger partial charge in [-0.1, -0.05) is 78.1 Å². The lowest BCUT2D eigenvalue weighted by molar-refractivity contribution is -0.130. The summed E-state index contributed by atoms with van der Waals surface area (Å²) in [5, 5.41) is 37.4. The predicted molar refractivity (Wildman–Crippen MR) is 231 cm³/mol. The van der Waals surface area contributed by atoms with E-state index in [4.69, 9.17) is 0 Å². The summed E-state index contributed by atoms with van der Waals surface area (Å²) < 4.78 is 0.526. The highest BCUT2D eigenvalue weighted by Gasteiger charge is 2.44. The molecule has 13 nitrogen and oxygen atoms in total. The van der Waals surface area contributed by atoms with Crippen molar-refractivity contribution in [1.82, 2.24) is 20.1 Å². The minimum atomic E-state index is -0.927. The fourth-order valence-electron chi connectivity index (χ4n) is 8.71. The molecule has 4 aromatic carbocycles. The molecule has 310 valence electrons. The first-order valence-electron chi connectivity index (χ1n) is 20.3. The number of benzene rings is 4. The number of phenolic OH excluding ortho intramolecular Hbond substituents is 1. The van der Waals surface area contributed by atoms with E-state index in [0.717, 1.165) is 59.6 Å². The molecule has 2 fully saturated rings. The number of carboxylic acid groups (broad SMARTS) is 1. The van der Waals surface area contributed by atoms with E-state index in [9.17, 15) is 34.5 Å². The third kappa shape index (κ3) is 10.2. The number of aliphatic hydroxyl groups is 1. The minimum absolute atomic E-state index is 0.0396. The number of thiazole rings is 1. The number of unbranched alkanes of at least 4 members (excludes halogenated alkanes) is 1. The Morgan fingerprint density at radius 1 is 0.932 bits per heavy atom. The van der Waals surface area contributed by atoms with E-state index in [2.05, 4.69) is 20.5 Å². The molecule has 1 saturated carbocycles. The molecule has 1 aromatic heterocycles. The van der Waals surface area contributed by atoms with Gasteiger partial charge < -0.3 is 40.7 Å². The van der Waals surface area contributed by atoms with Crippen molar-refractivity contribution in [3.8, 4) is 16.9 Å². The van der Waals surface area contributed by atoms with E-state index < -0.39 is 12.2 Å². The van der Waals surface area contributed by atoms with E-state index in [0.29, 0.717) is 78.6 Å². The highest BCUT2D eigenvalue weighted by Crippen LogP contribution is 2.43. The average Bonchev–Trinajstić information content (AvgIpc) is 3.93. The van der Waals surface area contributed by atoms with Crippen LogP contribution in [0.2, 0.25) is 0 Å². The van der Waals surface area contributed by atoms with Crippen molar-refractivity contribution < 1.29 is 29.7 Å². The van der Waals surface area contributed by atoms with Gasteiger partial charge in [0, 0.05) is 82.0 Å². The summed E-state index contributed by atoms with van der Waals surface area (Å²) in [7, 11) is 1.81. The van der Waals surface area contributed by atoms with Crippen LogP contribution in [-0.2, 0) is 16.1 Å². The van der Waals surface area contributed by atoms with Crippen molar-refractivity contribution in [3.05, 3.63) is 112 Å². The summed E-state index contributed by atoms with van der Waals surface area (Å²) in [5.74, 6) is 0.730. The van der Waals surface area contributed by atoms with Crippen LogP contribution in [0.15, 0.2) is 95.8 Å². The number of amides is 3. The lowest BCUT2D eigenvalue weighted by Gasteiger charge is -2.30. The van der Waals surface area contributed by atoms with Gasteiger partial charge in [-0.15, -0.1) is 0 Å². The number of hydrogen-bond acceptors (Lipinski definition) is 9. The molecule has 1 unspecified atom stereocenters. The summed E-state index contributed by atoms with van der Waals surface area (Å²) in [6.07, 6.45) is 1.89. The van der Waals surface area contributed by atoms with Crippen LogP contribution in [0, 0.1) is 11.8 Å². The SMILES string of the molecule is CN(CCCCC(=O)Nc1cccc(CNC[C@H](O)c2ccc(O)c3[nH]c(=O)sc23)c1)C(=O)CCN1C[C@H]2CC(N(C(=O)O)c3ccccc3-c3ccccc3)C[C@H]2C1. The zero-order chi connectivity index (χ0) is 41.5. The second kappa shape index (κ2) is 19.0. The fourth-order valence-corrected chi connectivity index (χ4v) is 9.63. The third-order valence-electron chi connectivity index (χ3n) is 11.7. The average molecular weight is 821 g/mol. The number of rotatable bonds is 17. The van der Waals surface area contributed by atoms with Crippen LogP contribution in [0.3, 0.4) is 0 Å². The smallest absolute Gasteiger partial charge is 0.412 e. The van der Waals surface area contributed by atoms with Crippen molar-refractivity contribution in [3.63, 3.8) is 0 Å². The zero-order valence-electron chi connectivity index (χ0n) is 33.2. The number of carbonyl (C=O) groups is 3. The Morgan fingerprint density at radius 2 is 1.68 bits per heavy atom. The van der Waals surface area contributed by atoms with E-state index in [1.54, 1.807) is 15.9 Å². The number of aliphatic hydroxyl groups excluding tert-OH is 1. The quantitative estimate of drug-likeness (QED) is 0.0562. The molecule has 1 saturated heterocycles. The number of aromatic amines is 1. The number of hydrogen-bond donors (Lipinski definition) is 6. The number of carbonyl (C=O) groups excluding carboxylic acids is 2. The normalized spacial score (nSPS) is 18.1. The molecule has 14 heteroatoms. The Hall–Kier alpha value is -5.54. The molecular formula is C45H52N6O7S. The molecule has 4 atom stereocenters. The molecule has 0 radical (unpaired) electrons. The molecule has 3 amide bonds. The second-order valence-corrected chi connectivity index (χ2v) is 16.7. The Kier molecular flexibility index (Phi) is 13.4. The van der Waals surface area contributed by atoms with E-state index >= 15 is 0 Å². The van der Waals surface area contributed by atoms with Crippen LogP contribution in [-0.4, -0.2) is 93.8 Å². The van der Waals surface area contributed by atoms with Gasteiger partial charge in [0.1, 0.15) is 11.3 Å². The Balaban J connectivity index is 0.787. The number of aromatic hydroxyl groups is 1. The fraction of sp³-hybridized carbons (Fsp3) is 0.378. The first-order chi connectivity index (χ1) is 28.5. The molecule has 2 heterocycles.